The molecule has 2 aromatic heterocycles. The molecule has 1 aromatic carbocycles. The number of nitrogens with two attached hydrogens (primary N) is 1. The molecule has 3 aromatic rings. The zero-order valence-corrected chi connectivity index (χ0v) is 20.6. The third-order valence-electron chi connectivity index (χ3n) is 6.51. The van der Waals surface area contributed by atoms with E-state index in [0.29, 0.717) is 0 Å². The van der Waals surface area contributed by atoms with Crippen LogP contribution in [0.5, 0.6) is 5.75 Å². The van der Waals surface area contributed by atoms with E-state index in [9.17, 15) is 0 Å². The summed E-state index contributed by atoms with van der Waals surface area (Å²) in [5.74, 6) is 0.802. The molecule has 0 atom stereocenters. The molecule has 1 aliphatic rings. The number of nitrogens with one attached hydrogen (secondary N) is 2. The molecule has 4 rings (SSSR count). The van der Waals surface area contributed by atoms with Gasteiger partial charge in [-0.1, -0.05) is 58.3 Å². The van der Waals surface area contributed by atoms with Crippen molar-refractivity contribution in [3.63, 3.8) is 0 Å². The number of aliphatic imine (C=N–C) groups is 1. The molecule has 0 radical (unpaired) electrons. The van der Waals surface area contributed by atoms with Crippen molar-refractivity contribution in [1.82, 2.24) is 9.97 Å². The van der Waals surface area contributed by atoms with Gasteiger partial charge in [-0.05, 0) is 55.3 Å². The number of H-pyrrole nitrogens is 2. The molecule has 0 saturated heterocycles. The van der Waals surface area contributed by atoms with Crippen molar-refractivity contribution in [1.29, 1.82) is 0 Å². The Kier molecular flexibility index (Phi) is 8.29. The van der Waals surface area contributed by atoms with Crippen LogP contribution in [0.3, 0.4) is 0 Å². The van der Waals surface area contributed by atoms with Crippen molar-refractivity contribution in [2.45, 2.75) is 71.1 Å². The lowest BCUT2D eigenvalue weighted by molar-refractivity contribution is 0.414. The molecule has 0 saturated carbocycles. The molecule has 5 nitrogen and oxygen atoms in total. The van der Waals surface area contributed by atoms with Crippen molar-refractivity contribution >= 4 is 28.4 Å². The third kappa shape index (κ3) is 6.22. The van der Waals surface area contributed by atoms with E-state index in [1.165, 1.54) is 63.5 Å². The summed E-state index contributed by atoms with van der Waals surface area (Å²) in [7, 11) is 1.70. The smallest absolute Gasteiger partial charge is 0.144 e. The number of allylic oxidation sites excluding steroid dienone is 2. The maximum Gasteiger partial charge on any atom is 0.144 e. The van der Waals surface area contributed by atoms with Crippen LogP contribution in [0.1, 0.15) is 76.8 Å². The summed E-state index contributed by atoms with van der Waals surface area (Å²) in [6.45, 7) is 2.27. The van der Waals surface area contributed by atoms with Crippen molar-refractivity contribution in [2.75, 3.05) is 12.8 Å². The molecule has 0 aliphatic carbocycles. The summed E-state index contributed by atoms with van der Waals surface area (Å²) in [6.07, 6.45) is 19.5. The highest BCUT2D eigenvalue weighted by atomic mass is 16.5. The summed E-state index contributed by atoms with van der Waals surface area (Å²) < 4.78 is 5.63. The van der Waals surface area contributed by atoms with Crippen LogP contribution in [0, 0.1) is 0 Å². The Morgan fingerprint density at radius 3 is 2.38 bits per heavy atom. The second-order valence-electron chi connectivity index (χ2n) is 9.28. The fourth-order valence-corrected chi connectivity index (χ4v) is 4.58. The van der Waals surface area contributed by atoms with E-state index in [1.807, 2.05) is 24.3 Å². The maximum atomic E-state index is 5.93. The monoisotopic (exact) mass is 458 g/mol. The predicted octanol–water partition coefficient (Wildman–Crippen LogP) is 8.03. The number of hydrogen-bond donors (Lipinski definition) is 3. The Balaban J connectivity index is 1.33. The number of rotatable bonds is 13. The number of hydrogen-bond acceptors (Lipinski definition) is 3. The van der Waals surface area contributed by atoms with Crippen LogP contribution in [-0.4, -0.2) is 22.8 Å². The molecular formula is C29H38N4O. The zero-order chi connectivity index (χ0) is 23.8. The minimum Gasteiger partial charge on any atom is -0.494 e. The molecule has 3 heterocycles. The van der Waals surface area contributed by atoms with Gasteiger partial charge in [0.05, 0.1) is 29.9 Å². The molecule has 4 N–H and O–H groups in total. The van der Waals surface area contributed by atoms with E-state index in [-0.39, 0.29) is 0 Å². The fourth-order valence-electron chi connectivity index (χ4n) is 4.58. The van der Waals surface area contributed by atoms with Gasteiger partial charge in [0.1, 0.15) is 5.75 Å². The van der Waals surface area contributed by atoms with Gasteiger partial charge in [0.15, 0.2) is 0 Å². The van der Waals surface area contributed by atoms with Crippen molar-refractivity contribution in [3.8, 4) is 17.1 Å². The van der Waals surface area contributed by atoms with Crippen LogP contribution in [0.4, 0.5) is 5.69 Å². The van der Waals surface area contributed by atoms with E-state index in [2.05, 4.69) is 41.2 Å². The fraction of sp³-hybridized carbons (Fsp3) is 0.414. The number of aromatic nitrogens is 2. The van der Waals surface area contributed by atoms with Gasteiger partial charge in [0.2, 0.25) is 0 Å². The van der Waals surface area contributed by atoms with Gasteiger partial charge >= 0.3 is 0 Å². The summed E-state index contributed by atoms with van der Waals surface area (Å²) in [5.41, 5.74) is 12.8. The standard InChI is InChI=1S/C29H38N4O/c1-3-4-5-6-7-8-9-10-11-12-23-14-15-24(31-23)19-28-29(34-2)20-27(33-28)26-18-21-17-22(30)13-16-25(21)32-26/h13-20,32-33H,3-12,30H2,1-2H3. The Bertz CT molecular complexity index is 1180. The van der Waals surface area contributed by atoms with Crippen LogP contribution in [0.25, 0.3) is 28.4 Å². The third-order valence-corrected chi connectivity index (χ3v) is 6.51. The van der Waals surface area contributed by atoms with Gasteiger partial charge in [-0.25, -0.2) is 0 Å². The zero-order valence-electron chi connectivity index (χ0n) is 20.6. The Labute approximate surface area is 203 Å². The first kappa shape index (κ1) is 23.9. The van der Waals surface area contributed by atoms with Crippen molar-refractivity contribution in [3.05, 3.63) is 53.9 Å². The van der Waals surface area contributed by atoms with Crippen LogP contribution >= 0.6 is 0 Å². The second-order valence-corrected chi connectivity index (χ2v) is 9.28. The summed E-state index contributed by atoms with van der Waals surface area (Å²) >= 11 is 0. The van der Waals surface area contributed by atoms with Crippen molar-refractivity contribution in [2.24, 2.45) is 4.99 Å². The Hall–Kier alpha value is -3.21. The summed E-state index contributed by atoms with van der Waals surface area (Å²) in [5, 5.41) is 1.09. The van der Waals surface area contributed by atoms with Gasteiger partial charge < -0.3 is 20.4 Å². The largest absolute Gasteiger partial charge is 0.494 e. The molecule has 0 unspecified atom stereocenters. The molecule has 0 fully saturated rings. The number of ether oxygens (including phenoxy) is 1. The highest BCUT2D eigenvalue weighted by Gasteiger charge is 2.13. The van der Waals surface area contributed by atoms with Crippen LogP contribution < -0.4 is 10.5 Å². The second kappa shape index (κ2) is 11.8. The molecule has 0 amide bonds. The summed E-state index contributed by atoms with van der Waals surface area (Å²) in [6, 6.07) is 10.0. The van der Waals surface area contributed by atoms with Gasteiger partial charge in [0, 0.05) is 28.4 Å². The van der Waals surface area contributed by atoms with E-state index in [0.717, 1.165) is 51.5 Å². The van der Waals surface area contributed by atoms with Gasteiger partial charge in [-0.3, -0.25) is 4.99 Å². The molecule has 180 valence electrons. The number of aromatic amines is 2. The highest BCUT2D eigenvalue weighted by Crippen LogP contribution is 2.31. The van der Waals surface area contributed by atoms with Crippen LogP contribution in [0.2, 0.25) is 0 Å². The number of anilines is 1. The lowest BCUT2D eigenvalue weighted by atomic mass is 10.1. The number of fused-ring (bicyclic) bond motifs is 1. The van der Waals surface area contributed by atoms with E-state index in [4.69, 9.17) is 15.5 Å². The number of nitrogen functional groups attached to an aromatic ring is 1. The van der Waals surface area contributed by atoms with E-state index in [1.54, 1.807) is 7.11 Å². The number of unbranched alkanes of at least 4 members (excludes halogenated alkanes) is 8. The maximum absolute atomic E-state index is 5.93. The lowest BCUT2D eigenvalue weighted by Crippen LogP contribution is -1.90. The van der Waals surface area contributed by atoms with Crippen LogP contribution in [-0.2, 0) is 0 Å². The minimum atomic E-state index is 0.761. The topological polar surface area (TPSA) is 79.2 Å². The normalized spacial score (nSPS) is 14.4. The SMILES string of the molecule is CCCCCCCCCCCC1=NC(=Cc2[nH]c(-c3cc4cc(N)ccc4[nH]3)cc2OC)C=C1. The average molecular weight is 459 g/mol. The molecule has 0 bridgehead atoms. The van der Waals surface area contributed by atoms with Crippen molar-refractivity contribution < 1.29 is 4.74 Å². The minimum absolute atomic E-state index is 0.761. The number of methoxy groups -OCH3 is 1. The lowest BCUT2D eigenvalue weighted by Gasteiger charge is -2.02. The average Bonchev–Trinajstić information content (AvgIpc) is 3.56. The molecule has 1 aliphatic heterocycles. The van der Waals surface area contributed by atoms with Gasteiger partial charge in [0.25, 0.3) is 0 Å². The Morgan fingerprint density at radius 1 is 0.882 bits per heavy atom. The quantitative estimate of drug-likeness (QED) is 0.179. The van der Waals surface area contributed by atoms with Gasteiger partial charge in [-0.15, -0.1) is 0 Å². The first-order valence-electron chi connectivity index (χ1n) is 12.8. The summed E-state index contributed by atoms with van der Waals surface area (Å²) in [4.78, 5) is 11.8. The van der Waals surface area contributed by atoms with E-state index >= 15 is 0 Å². The molecular weight excluding hydrogens is 420 g/mol. The number of nitrogens with zero attached hydrogens (tertiary/aromatic N) is 1. The molecule has 34 heavy (non-hydrogen) atoms. The molecule has 0 spiro atoms. The first-order chi connectivity index (χ1) is 16.7. The molecule has 5 heteroatoms. The van der Waals surface area contributed by atoms with Gasteiger partial charge in [-0.2, -0.15) is 0 Å². The van der Waals surface area contributed by atoms with E-state index < -0.39 is 0 Å². The first-order valence-corrected chi connectivity index (χ1v) is 12.8. The number of benzene rings is 1. The highest BCUT2D eigenvalue weighted by molar-refractivity contribution is 5.99. The predicted molar refractivity (Wildman–Crippen MR) is 145 cm³/mol. The van der Waals surface area contributed by atoms with Crippen LogP contribution in [0.15, 0.2) is 53.2 Å². The Morgan fingerprint density at radius 2 is 1.62 bits per heavy atom.